The van der Waals surface area contributed by atoms with E-state index in [2.05, 4.69) is 15.6 Å². The van der Waals surface area contributed by atoms with Crippen LogP contribution < -0.4 is 10.6 Å². The van der Waals surface area contributed by atoms with Crippen LogP contribution in [-0.2, 0) is 25.3 Å². The lowest BCUT2D eigenvalue weighted by atomic mass is 9.70. The summed E-state index contributed by atoms with van der Waals surface area (Å²) < 4.78 is 46.8. The maximum Gasteiger partial charge on any atom is 0.434 e. The molecule has 4 atom stereocenters. The van der Waals surface area contributed by atoms with Gasteiger partial charge in [0.2, 0.25) is 17.7 Å². The minimum atomic E-state index is -4.80. The van der Waals surface area contributed by atoms with Gasteiger partial charge < -0.3 is 25.2 Å². The molecule has 2 saturated heterocycles. The lowest BCUT2D eigenvalue weighted by Gasteiger charge is -2.50. The van der Waals surface area contributed by atoms with Crippen LogP contribution in [0, 0.1) is 28.6 Å². The molecule has 3 heterocycles. The van der Waals surface area contributed by atoms with Crippen molar-refractivity contribution in [1.82, 2.24) is 25.4 Å². The van der Waals surface area contributed by atoms with Gasteiger partial charge in [-0.25, -0.2) is 4.98 Å². The summed E-state index contributed by atoms with van der Waals surface area (Å²) in [6, 6.07) is -1.01. The Morgan fingerprint density at radius 1 is 1.09 bits per heavy atom. The quantitative estimate of drug-likeness (QED) is 0.427. The maximum absolute atomic E-state index is 13.9. The fraction of sp³-hybridized carbons (Fsp3) is 0.767. The first-order valence-corrected chi connectivity index (χ1v) is 16.3. The summed E-state index contributed by atoms with van der Waals surface area (Å²) in [5.41, 5.74) is -1.21. The van der Waals surface area contributed by atoms with E-state index >= 15 is 0 Å². The fourth-order valence-electron chi connectivity index (χ4n) is 7.07. The number of amides is 4. The van der Waals surface area contributed by atoms with E-state index in [0.717, 1.165) is 37.6 Å². The minimum absolute atomic E-state index is 0.00926. The van der Waals surface area contributed by atoms with Crippen molar-refractivity contribution in [1.29, 1.82) is 0 Å². The lowest BCUT2D eigenvalue weighted by Crippen LogP contribution is -2.65. The summed E-state index contributed by atoms with van der Waals surface area (Å²) in [5.74, 6) is -2.36. The van der Waals surface area contributed by atoms with Gasteiger partial charge in [-0.3, -0.25) is 19.2 Å². The van der Waals surface area contributed by atoms with Gasteiger partial charge in [-0.15, -0.1) is 11.3 Å². The second-order valence-corrected chi connectivity index (χ2v) is 14.6. The number of likely N-dealkylation sites (N-methyl/N-ethyl adjacent to an activating group) is 1. The van der Waals surface area contributed by atoms with E-state index in [1.807, 2.05) is 13.8 Å². The highest BCUT2D eigenvalue weighted by Gasteiger charge is 2.62. The molecule has 0 aromatic carbocycles. The van der Waals surface area contributed by atoms with E-state index in [9.17, 15) is 32.3 Å². The zero-order chi connectivity index (χ0) is 32.0. The van der Waals surface area contributed by atoms with Crippen LogP contribution in [-0.4, -0.2) is 90.4 Å². The summed E-state index contributed by atoms with van der Waals surface area (Å²) >= 11 is 0.606. The first-order valence-electron chi connectivity index (χ1n) is 15.4. The highest BCUT2D eigenvalue weighted by atomic mass is 32.1. The third-order valence-electron chi connectivity index (χ3n) is 10.0. The van der Waals surface area contributed by atoms with E-state index < -0.39 is 57.9 Å². The van der Waals surface area contributed by atoms with E-state index in [4.69, 9.17) is 4.74 Å². The van der Waals surface area contributed by atoms with Crippen LogP contribution in [0.25, 0.3) is 0 Å². The van der Waals surface area contributed by atoms with Gasteiger partial charge >= 0.3 is 6.18 Å². The summed E-state index contributed by atoms with van der Waals surface area (Å²) in [6.07, 6.45) is 0.920. The van der Waals surface area contributed by atoms with Crippen molar-refractivity contribution in [3.63, 3.8) is 0 Å². The molecule has 0 bridgehead atoms. The van der Waals surface area contributed by atoms with Gasteiger partial charge in [0.25, 0.3) is 5.91 Å². The molecule has 0 radical (unpaired) electrons. The number of ether oxygens (including phenoxy) is 1. The van der Waals surface area contributed by atoms with Gasteiger partial charge in [0.1, 0.15) is 10.9 Å². The van der Waals surface area contributed by atoms with Crippen molar-refractivity contribution in [2.45, 2.75) is 77.6 Å². The molecule has 1 aromatic heterocycles. The highest BCUT2D eigenvalue weighted by Crippen LogP contribution is 2.54. The Hall–Kier alpha value is -2.74. The Morgan fingerprint density at radius 2 is 1.73 bits per heavy atom. The molecule has 2 aliphatic carbocycles. The number of nitrogens with one attached hydrogen (secondary N) is 2. The van der Waals surface area contributed by atoms with Gasteiger partial charge in [0, 0.05) is 51.2 Å². The summed E-state index contributed by atoms with van der Waals surface area (Å²) in [4.78, 5) is 59.1. The Labute approximate surface area is 259 Å². The van der Waals surface area contributed by atoms with Crippen molar-refractivity contribution in [3.05, 3.63) is 16.1 Å². The summed E-state index contributed by atoms with van der Waals surface area (Å²) in [7, 11) is 1.47. The number of hydrogen-bond donors (Lipinski definition) is 2. The number of alkyl halides is 3. The topological polar surface area (TPSA) is 121 Å². The molecule has 4 aliphatic rings. The Balaban J connectivity index is 1.33. The maximum atomic E-state index is 13.9. The number of hydrogen-bond acceptors (Lipinski definition) is 7. The third-order valence-corrected chi connectivity index (χ3v) is 10.8. The first kappa shape index (κ1) is 32.6. The number of carbonyl (C=O) groups excluding carboxylic acids is 4. The monoisotopic (exact) mass is 641 g/mol. The Bertz CT molecular complexity index is 1270. The molecule has 5 rings (SSSR count). The van der Waals surface area contributed by atoms with Crippen LogP contribution in [0.3, 0.4) is 0 Å². The van der Waals surface area contributed by atoms with Crippen molar-refractivity contribution < 1.29 is 37.1 Å². The standard InChI is InChI=1S/C30H42F3N5O5S/c1-17(43-12-18-8-6-5-7-9-18)21(25(40)34-4)36-24(39)20-11-37(27(42)22-23(30(31,32)33)35-16-44-22)13-29(20)14-38(15-29)26(41)19-10-28(19,2)3/h16-21H,5-15H2,1-4H3,(H,34,40)(H,36,39)/t17-,19-,20-,21+/m1/s1. The Kier molecular flexibility index (Phi) is 9.07. The van der Waals surface area contributed by atoms with Crippen LogP contribution in [0.5, 0.6) is 0 Å². The van der Waals surface area contributed by atoms with Gasteiger partial charge in [-0.05, 0) is 37.5 Å². The molecular formula is C30H42F3N5O5S. The number of nitrogens with zero attached hydrogens (tertiary/aromatic N) is 3. The third kappa shape index (κ3) is 6.47. The average molecular weight is 642 g/mol. The van der Waals surface area contributed by atoms with Crippen LogP contribution in [0.4, 0.5) is 13.2 Å². The normalized spacial score (nSPS) is 25.7. The van der Waals surface area contributed by atoms with Crippen LogP contribution >= 0.6 is 11.3 Å². The second kappa shape index (κ2) is 12.2. The number of aromatic nitrogens is 1. The fourth-order valence-corrected chi connectivity index (χ4v) is 7.84. The molecule has 2 N–H and O–H groups in total. The van der Waals surface area contributed by atoms with Crippen LogP contribution in [0.2, 0.25) is 0 Å². The molecular weight excluding hydrogens is 599 g/mol. The van der Waals surface area contributed by atoms with Crippen molar-refractivity contribution in [3.8, 4) is 0 Å². The second-order valence-electron chi connectivity index (χ2n) is 13.7. The molecule has 14 heteroatoms. The molecule has 1 spiro atoms. The predicted octanol–water partition coefficient (Wildman–Crippen LogP) is 3.32. The van der Waals surface area contributed by atoms with Crippen molar-refractivity contribution in [2.24, 2.45) is 28.6 Å². The van der Waals surface area contributed by atoms with Gasteiger partial charge in [-0.2, -0.15) is 13.2 Å². The van der Waals surface area contributed by atoms with Gasteiger partial charge in [-0.1, -0.05) is 33.1 Å². The zero-order valence-corrected chi connectivity index (χ0v) is 26.5. The van der Waals surface area contributed by atoms with Gasteiger partial charge in [0.15, 0.2) is 5.69 Å². The number of halogens is 3. The summed E-state index contributed by atoms with van der Waals surface area (Å²) in [5, 5.41) is 5.42. The van der Waals surface area contributed by atoms with Crippen molar-refractivity contribution in [2.75, 3.05) is 39.8 Å². The number of rotatable bonds is 9. The van der Waals surface area contributed by atoms with Gasteiger partial charge in [0.05, 0.1) is 17.5 Å². The van der Waals surface area contributed by atoms with E-state index in [1.165, 1.54) is 18.4 Å². The summed E-state index contributed by atoms with van der Waals surface area (Å²) in [6.45, 7) is 6.50. The lowest BCUT2D eigenvalue weighted by molar-refractivity contribution is -0.152. The molecule has 0 unspecified atom stereocenters. The van der Waals surface area contributed by atoms with Crippen LogP contribution in [0.1, 0.15) is 74.7 Å². The number of thiazole rings is 1. The zero-order valence-electron chi connectivity index (χ0n) is 25.7. The molecule has 10 nitrogen and oxygen atoms in total. The molecule has 244 valence electrons. The SMILES string of the molecule is CNC(=O)[C@@H](NC(=O)[C@H]1CN(C(=O)c2scnc2C(F)(F)F)CC12CN(C(=O)[C@H]1CC1(C)C)C2)[C@@H](C)OCC1CCCCC1. The molecule has 2 aliphatic heterocycles. The average Bonchev–Trinajstić information content (AvgIpc) is 3.31. The van der Waals surface area contributed by atoms with E-state index in [1.54, 1.807) is 11.8 Å². The number of carbonyl (C=O) groups is 4. The largest absolute Gasteiger partial charge is 0.434 e. The molecule has 4 amide bonds. The number of likely N-dealkylation sites (tertiary alicyclic amines) is 2. The smallest absolute Gasteiger partial charge is 0.376 e. The molecule has 4 fully saturated rings. The minimum Gasteiger partial charge on any atom is -0.376 e. The molecule has 2 saturated carbocycles. The highest BCUT2D eigenvalue weighted by molar-refractivity contribution is 7.11. The molecule has 1 aromatic rings. The first-order chi connectivity index (χ1) is 20.7. The Morgan fingerprint density at radius 3 is 2.32 bits per heavy atom. The van der Waals surface area contributed by atoms with Crippen LogP contribution in [0.15, 0.2) is 5.51 Å². The van der Waals surface area contributed by atoms with Crippen molar-refractivity contribution >= 4 is 35.0 Å². The molecule has 44 heavy (non-hydrogen) atoms. The predicted molar refractivity (Wildman–Crippen MR) is 155 cm³/mol. The van der Waals surface area contributed by atoms with E-state index in [-0.39, 0.29) is 43.4 Å². The van der Waals surface area contributed by atoms with E-state index in [0.29, 0.717) is 23.9 Å².